The molecule has 1 N–H and O–H groups in total. The lowest BCUT2D eigenvalue weighted by Gasteiger charge is -2.32. The number of thiophene rings is 1. The fourth-order valence-corrected chi connectivity index (χ4v) is 3.26. The molecule has 1 atom stereocenters. The van der Waals surface area contributed by atoms with Crippen LogP contribution >= 0.6 is 11.3 Å². The van der Waals surface area contributed by atoms with Crippen LogP contribution in [0.5, 0.6) is 0 Å². The largest absolute Gasteiger partial charge is 0.331 e. The fraction of sp³-hybridized carbons (Fsp3) is 0.357. The number of fused-ring (bicyclic) bond motifs is 1. The summed E-state index contributed by atoms with van der Waals surface area (Å²) < 4.78 is 1.28. The number of carbonyl (C=O) groups excluding carboxylic acids is 1. The molecule has 2 aromatic rings. The maximum atomic E-state index is 11.9. The molecule has 0 unspecified atom stereocenters. The first-order chi connectivity index (χ1) is 8.75. The van der Waals surface area contributed by atoms with Crippen molar-refractivity contribution in [2.24, 2.45) is 0 Å². The van der Waals surface area contributed by atoms with Gasteiger partial charge in [-0.2, -0.15) is 0 Å². The van der Waals surface area contributed by atoms with Crippen molar-refractivity contribution in [2.75, 3.05) is 13.1 Å². The first-order valence-electron chi connectivity index (χ1n) is 6.27. The third-order valence-corrected chi connectivity index (χ3v) is 4.44. The number of hydrogen-bond acceptors (Lipinski definition) is 2. The Morgan fingerprint density at radius 3 is 2.89 bits per heavy atom. The standard InChI is InChI=1S/C14H16N2OS/c1-10(15-14(17)16-7-4-8-16)12-9-18-13-6-3-2-5-11(12)13/h2-3,5-6,9-10H,4,7-8H2,1H3,(H,15,17)/t10-/m1/s1. The molecule has 2 amide bonds. The minimum Gasteiger partial charge on any atom is -0.331 e. The molecule has 18 heavy (non-hydrogen) atoms. The van der Waals surface area contributed by atoms with E-state index in [0.717, 1.165) is 19.5 Å². The Bertz CT molecular complexity index is 574. The van der Waals surface area contributed by atoms with Gasteiger partial charge in [0, 0.05) is 17.8 Å². The number of carbonyl (C=O) groups is 1. The van der Waals surface area contributed by atoms with Crippen molar-refractivity contribution in [1.82, 2.24) is 10.2 Å². The molecule has 2 heterocycles. The number of hydrogen-bond donors (Lipinski definition) is 1. The highest BCUT2D eigenvalue weighted by molar-refractivity contribution is 7.17. The maximum Gasteiger partial charge on any atom is 0.317 e. The Morgan fingerprint density at radius 2 is 2.17 bits per heavy atom. The Hall–Kier alpha value is -1.55. The second kappa shape index (κ2) is 4.61. The fourth-order valence-electron chi connectivity index (χ4n) is 2.21. The van der Waals surface area contributed by atoms with E-state index in [1.165, 1.54) is 15.6 Å². The van der Waals surface area contributed by atoms with Crippen LogP contribution in [-0.4, -0.2) is 24.0 Å². The number of amides is 2. The normalized spacial score (nSPS) is 16.4. The Morgan fingerprint density at radius 1 is 1.39 bits per heavy atom. The molecular formula is C14H16N2OS. The maximum absolute atomic E-state index is 11.9. The van der Waals surface area contributed by atoms with E-state index >= 15 is 0 Å². The van der Waals surface area contributed by atoms with Crippen LogP contribution < -0.4 is 5.32 Å². The molecular weight excluding hydrogens is 244 g/mol. The Kier molecular flexibility index (Phi) is 2.96. The topological polar surface area (TPSA) is 32.3 Å². The average Bonchev–Trinajstić information content (AvgIpc) is 2.69. The van der Waals surface area contributed by atoms with E-state index in [2.05, 4.69) is 22.8 Å². The lowest BCUT2D eigenvalue weighted by Crippen LogP contribution is -2.48. The first kappa shape index (κ1) is 11.5. The molecule has 94 valence electrons. The monoisotopic (exact) mass is 260 g/mol. The highest BCUT2D eigenvalue weighted by atomic mass is 32.1. The van der Waals surface area contributed by atoms with Crippen molar-refractivity contribution >= 4 is 27.5 Å². The van der Waals surface area contributed by atoms with Gasteiger partial charge < -0.3 is 10.2 Å². The van der Waals surface area contributed by atoms with Gasteiger partial charge in [-0.3, -0.25) is 0 Å². The summed E-state index contributed by atoms with van der Waals surface area (Å²) in [6.45, 7) is 3.83. The van der Waals surface area contributed by atoms with Gasteiger partial charge in [0.05, 0.1) is 6.04 Å². The molecule has 0 aliphatic carbocycles. The zero-order valence-electron chi connectivity index (χ0n) is 10.3. The first-order valence-corrected chi connectivity index (χ1v) is 7.15. The van der Waals surface area contributed by atoms with E-state index in [1.54, 1.807) is 11.3 Å². The number of nitrogens with zero attached hydrogens (tertiary/aromatic N) is 1. The van der Waals surface area contributed by atoms with Crippen LogP contribution in [0.25, 0.3) is 10.1 Å². The third kappa shape index (κ3) is 1.97. The van der Waals surface area contributed by atoms with Crippen LogP contribution in [0.3, 0.4) is 0 Å². The molecule has 3 nitrogen and oxygen atoms in total. The van der Waals surface area contributed by atoms with E-state index in [0.29, 0.717) is 0 Å². The molecule has 1 fully saturated rings. The van der Waals surface area contributed by atoms with Gasteiger partial charge in [-0.1, -0.05) is 18.2 Å². The van der Waals surface area contributed by atoms with E-state index in [-0.39, 0.29) is 12.1 Å². The third-order valence-electron chi connectivity index (χ3n) is 3.46. The van der Waals surface area contributed by atoms with E-state index in [4.69, 9.17) is 0 Å². The predicted molar refractivity (Wildman–Crippen MR) is 75.0 cm³/mol. The number of likely N-dealkylation sites (tertiary alicyclic amines) is 1. The Labute approximate surface area is 110 Å². The van der Waals surface area contributed by atoms with Gasteiger partial charge in [0.1, 0.15) is 0 Å². The van der Waals surface area contributed by atoms with Crippen LogP contribution in [-0.2, 0) is 0 Å². The minimum absolute atomic E-state index is 0.0593. The second-order valence-corrected chi connectivity index (χ2v) is 5.61. The highest BCUT2D eigenvalue weighted by Gasteiger charge is 2.22. The molecule has 3 rings (SSSR count). The molecule has 1 saturated heterocycles. The smallest absolute Gasteiger partial charge is 0.317 e. The molecule has 1 aromatic carbocycles. The summed E-state index contributed by atoms with van der Waals surface area (Å²) in [6, 6.07) is 8.45. The lowest BCUT2D eigenvalue weighted by atomic mass is 10.1. The predicted octanol–water partition coefficient (Wildman–Crippen LogP) is 3.38. The van der Waals surface area contributed by atoms with Gasteiger partial charge in [-0.05, 0) is 35.7 Å². The van der Waals surface area contributed by atoms with Crippen LogP contribution in [0.1, 0.15) is 24.9 Å². The summed E-state index contributed by atoms with van der Waals surface area (Å²) >= 11 is 1.73. The summed E-state index contributed by atoms with van der Waals surface area (Å²) in [5.74, 6) is 0. The zero-order chi connectivity index (χ0) is 12.5. The highest BCUT2D eigenvalue weighted by Crippen LogP contribution is 2.30. The number of nitrogens with one attached hydrogen (secondary N) is 1. The zero-order valence-corrected chi connectivity index (χ0v) is 11.2. The van der Waals surface area contributed by atoms with Gasteiger partial charge in [0.15, 0.2) is 0 Å². The number of benzene rings is 1. The molecule has 4 heteroatoms. The molecule has 0 saturated carbocycles. The molecule has 0 bridgehead atoms. The summed E-state index contributed by atoms with van der Waals surface area (Å²) in [6.07, 6.45) is 1.13. The van der Waals surface area contributed by atoms with Crippen LogP contribution in [0.15, 0.2) is 29.6 Å². The van der Waals surface area contributed by atoms with Crippen molar-refractivity contribution in [2.45, 2.75) is 19.4 Å². The number of urea groups is 1. The van der Waals surface area contributed by atoms with Gasteiger partial charge in [0.25, 0.3) is 0 Å². The molecule has 1 aliphatic rings. The minimum atomic E-state index is 0.0593. The SMILES string of the molecule is C[C@@H](NC(=O)N1CCC1)c1csc2ccccc12. The summed E-state index contributed by atoms with van der Waals surface area (Å²) in [7, 11) is 0. The summed E-state index contributed by atoms with van der Waals surface area (Å²) in [4.78, 5) is 13.7. The van der Waals surface area contributed by atoms with E-state index in [1.807, 2.05) is 24.0 Å². The van der Waals surface area contributed by atoms with E-state index in [9.17, 15) is 4.79 Å². The van der Waals surface area contributed by atoms with Gasteiger partial charge in [-0.15, -0.1) is 11.3 Å². The van der Waals surface area contributed by atoms with Crippen molar-refractivity contribution in [3.8, 4) is 0 Å². The Balaban J connectivity index is 1.79. The van der Waals surface area contributed by atoms with Crippen LogP contribution in [0.4, 0.5) is 4.79 Å². The van der Waals surface area contributed by atoms with Gasteiger partial charge >= 0.3 is 6.03 Å². The van der Waals surface area contributed by atoms with Crippen molar-refractivity contribution < 1.29 is 4.79 Å². The van der Waals surface area contributed by atoms with Crippen molar-refractivity contribution in [3.63, 3.8) is 0 Å². The lowest BCUT2D eigenvalue weighted by molar-refractivity contribution is 0.164. The van der Waals surface area contributed by atoms with Gasteiger partial charge in [0.2, 0.25) is 0 Å². The van der Waals surface area contributed by atoms with Crippen LogP contribution in [0, 0.1) is 0 Å². The molecule has 1 aromatic heterocycles. The molecule has 1 aliphatic heterocycles. The summed E-state index contributed by atoms with van der Waals surface area (Å²) in [5, 5.41) is 6.46. The number of rotatable bonds is 2. The summed E-state index contributed by atoms with van der Waals surface area (Å²) in [5.41, 5.74) is 1.21. The second-order valence-electron chi connectivity index (χ2n) is 4.70. The molecule has 0 radical (unpaired) electrons. The van der Waals surface area contributed by atoms with Crippen molar-refractivity contribution in [3.05, 3.63) is 35.2 Å². The van der Waals surface area contributed by atoms with Crippen LogP contribution in [0.2, 0.25) is 0 Å². The quantitative estimate of drug-likeness (QED) is 0.882. The van der Waals surface area contributed by atoms with Gasteiger partial charge in [-0.25, -0.2) is 4.79 Å². The average molecular weight is 260 g/mol. The molecule has 0 spiro atoms. The van der Waals surface area contributed by atoms with E-state index < -0.39 is 0 Å². The van der Waals surface area contributed by atoms with Crippen molar-refractivity contribution in [1.29, 1.82) is 0 Å².